The van der Waals surface area contributed by atoms with Gasteiger partial charge in [-0.05, 0) is 36.8 Å². The first-order valence-electron chi connectivity index (χ1n) is 10.4. The molecule has 0 saturated heterocycles. The normalized spacial score (nSPS) is 11.4. The summed E-state index contributed by atoms with van der Waals surface area (Å²) in [5, 5.41) is 14.4. The van der Waals surface area contributed by atoms with Gasteiger partial charge in [-0.3, -0.25) is 14.3 Å². The number of nitrogens with one attached hydrogen (secondary N) is 1. The van der Waals surface area contributed by atoms with E-state index in [0.29, 0.717) is 11.1 Å². The minimum absolute atomic E-state index is 0.00918. The summed E-state index contributed by atoms with van der Waals surface area (Å²) < 4.78 is 56.6. The Hall–Kier alpha value is -4.50. The van der Waals surface area contributed by atoms with E-state index in [4.69, 9.17) is 22.6 Å². The number of nitrogens with two attached hydrogens (primary N) is 1. The van der Waals surface area contributed by atoms with Crippen LogP contribution in [0.5, 0.6) is 0 Å². The maximum Gasteiger partial charge on any atom is 0.437 e. The number of aromatic nitrogens is 3. The first kappa shape index (κ1) is 25.6. The molecule has 13 heteroatoms. The second-order valence-corrected chi connectivity index (χ2v) is 8.34. The number of fused-ring (bicyclic) bond motifs is 1. The van der Waals surface area contributed by atoms with Gasteiger partial charge in [0.15, 0.2) is 5.69 Å². The lowest BCUT2D eigenvalue weighted by atomic mass is 10.1. The Kier molecular flexibility index (Phi) is 6.58. The third-order valence-electron chi connectivity index (χ3n) is 5.48. The third kappa shape index (κ3) is 5.07. The molecule has 0 spiro atoms. The van der Waals surface area contributed by atoms with Crippen molar-refractivity contribution in [2.24, 2.45) is 5.73 Å². The smallest absolute Gasteiger partial charge is 0.364 e. The van der Waals surface area contributed by atoms with Crippen molar-refractivity contribution in [2.75, 3.05) is 5.32 Å². The van der Waals surface area contributed by atoms with Gasteiger partial charge in [-0.1, -0.05) is 23.7 Å². The molecule has 2 aromatic heterocycles. The zero-order chi connectivity index (χ0) is 27.1. The van der Waals surface area contributed by atoms with Gasteiger partial charge in [0.25, 0.3) is 11.8 Å². The Morgan fingerprint density at radius 2 is 1.86 bits per heavy atom. The number of carbonyl (C=O) groups excluding carboxylic acids is 2. The summed E-state index contributed by atoms with van der Waals surface area (Å²) in [5.41, 5.74) is 3.41. The summed E-state index contributed by atoms with van der Waals surface area (Å²) in [5.74, 6) is -2.97. The number of anilines is 1. The zero-order valence-corrected chi connectivity index (χ0v) is 19.6. The molecular weight excluding hydrogens is 516 g/mol. The fraction of sp³-hybridized carbons (Fsp3) is 0.125. The van der Waals surface area contributed by atoms with Crippen LogP contribution in [0.25, 0.3) is 10.9 Å². The predicted molar refractivity (Wildman–Crippen MR) is 125 cm³/mol. The average molecular weight is 531 g/mol. The molecule has 4 rings (SSSR count). The van der Waals surface area contributed by atoms with E-state index in [9.17, 15) is 27.2 Å². The molecule has 3 N–H and O–H groups in total. The number of amides is 2. The van der Waals surface area contributed by atoms with Gasteiger partial charge in [-0.25, -0.2) is 9.37 Å². The molecule has 37 heavy (non-hydrogen) atoms. The SMILES string of the molecule is Cc1c(NC(=O)c2cc(C(N)=O)nc3cc(F)c(Cl)cc23)c(C(F)(F)F)nn1Cc1ccc(C#N)cc1. The van der Waals surface area contributed by atoms with Gasteiger partial charge < -0.3 is 11.1 Å². The van der Waals surface area contributed by atoms with E-state index < -0.39 is 40.9 Å². The summed E-state index contributed by atoms with van der Waals surface area (Å²) in [6.07, 6.45) is -4.92. The van der Waals surface area contributed by atoms with Crippen molar-refractivity contribution in [3.8, 4) is 6.07 Å². The lowest BCUT2D eigenvalue weighted by Gasteiger charge is -2.12. The van der Waals surface area contributed by atoms with Gasteiger partial charge in [0.05, 0.1) is 45.7 Å². The molecule has 0 atom stereocenters. The standard InChI is InChI=1S/C24H15ClF4N6O2/c1-11-20(21(24(27,28)29)34-35(11)10-13-4-2-12(9-30)3-5-13)33-23(37)15-7-19(22(31)36)32-18-8-17(26)16(25)6-14(15)18/h2-8H,10H2,1H3,(H2,31,36)(H,33,37). The van der Waals surface area contributed by atoms with Crippen LogP contribution in [0.15, 0.2) is 42.5 Å². The van der Waals surface area contributed by atoms with Crippen LogP contribution in [0, 0.1) is 24.1 Å². The van der Waals surface area contributed by atoms with Crippen molar-refractivity contribution in [3.05, 3.63) is 87.1 Å². The Morgan fingerprint density at radius 1 is 1.19 bits per heavy atom. The average Bonchev–Trinajstić information content (AvgIpc) is 3.15. The number of hydrogen-bond acceptors (Lipinski definition) is 5. The first-order chi connectivity index (χ1) is 17.4. The fourth-order valence-corrected chi connectivity index (χ4v) is 3.79. The summed E-state index contributed by atoms with van der Waals surface area (Å²) in [6.45, 7) is 1.27. The fourth-order valence-electron chi connectivity index (χ4n) is 3.62. The molecule has 0 unspecified atom stereocenters. The largest absolute Gasteiger partial charge is 0.437 e. The monoisotopic (exact) mass is 530 g/mol. The van der Waals surface area contributed by atoms with Crippen LogP contribution in [0.2, 0.25) is 5.02 Å². The minimum atomic E-state index is -4.92. The predicted octanol–water partition coefficient (Wildman–Crippen LogP) is 4.82. The van der Waals surface area contributed by atoms with Gasteiger partial charge in [-0.15, -0.1) is 0 Å². The Labute approximate surface area is 211 Å². The van der Waals surface area contributed by atoms with Crippen LogP contribution in [0.1, 0.15) is 43.4 Å². The quantitative estimate of drug-likeness (QED) is 0.358. The Bertz CT molecular complexity index is 1610. The zero-order valence-electron chi connectivity index (χ0n) is 18.8. The van der Waals surface area contributed by atoms with Crippen molar-refractivity contribution in [3.63, 3.8) is 0 Å². The number of carbonyl (C=O) groups is 2. The molecule has 4 aromatic rings. The third-order valence-corrected chi connectivity index (χ3v) is 5.77. The number of nitrogens with zero attached hydrogens (tertiary/aromatic N) is 4. The molecule has 0 radical (unpaired) electrons. The van der Waals surface area contributed by atoms with Gasteiger partial charge in [0, 0.05) is 11.5 Å². The van der Waals surface area contributed by atoms with E-state index in [-0.39, 0.29) is 33.7 Å². The maximum atomic E-state index is 14.0. The number of rotatable bonds is 5. The molecular formula is C24H15ClF4N6O2. The van der Waals surface area contributed by atoms with Crippen LogP contribution >= 0.6 is 11.6 Å². The van der Waals surface area contributed by atoms with Crippen molar-refractivity contribution in [1.29, 1.82) is 5.26 Å². The highest BCUT2D eigenvalue weighted by Crippen LogP contribution is 2.37. The summed E-state index contributed by atoms with van der Waals surface area (Å²) >= 11 is 5.83. The summed E-state index contributed by atoms with van der Waals surface area (Å²) in [6, 6.07) is 11.1. The molecule has 0 aliphatic carbocycles. The number of nitriles is 1. The highest BCUT2D eigenvalue weighted by molar-refractivity contribution is 6.31. The number of hydrogen-bond donors (Lipinski definition) is 2. The van der Waals surface area contributed by atoms with Gasteiger partial charge in [0.1, 0.15) is 11.5 Å². The second kappa shape index (κ2) is 9.51. The molecule has 0 bridgehead atoms. The maximum absolute atomic E-state index is 14.0. The second-order valence-electron chi connectivity index (χ2n) is 7.93. The molecule has 0 aliphatic rings. The van der Waals surface area contributed by atoms with Gasteiger partial charge >= 0.3 is 6.18 Å². The van der Waals surface area contributed by atoms with E-state index in [2.05, 4.69) is 15.4 Å². The number of benzene rings is 2. The lowest BCUT2D eigenvalue weighted by molar-refractivity contribution is -0.140. The Balaban J connectivity index is 1.79. The van der Waals surface area contributed by atoms with E-state index in [1.165, 1.54) is 19.1 Å². The molecule has 2 heterocycles. The van der Waals surface area contributed by atoms with Gasteiger partial charge in [0.2, 0.25) is 0 Å². The summed E-state index contributed by atoms with van der Waals surface area (Å²) in [7, 11) is 0. The van der Waals surface area contributed by atoms with Crippen LogP contribution in [0.4, 0.5) is 23.2 Å². The molecule has 0 fully saturated rings. The van der Waals surface area contributed by atoms with E-state index >= 15 is 0 Å². The number of halogens is 5. The topological polar surface area (TPSA) is 127 Å². The number of primary amides is 1. The first-order valence-corrected chi connectivity index (χ1v) is 10.8. The van der Waals surface area contributed by atoms with Crippen LogP contribution < -0.4 is 11.1 Å². The molecule has 0 aliphatic heterocycles. The van der Waals surface area contributed by atoms with Crippen molar-refractivity contribution in [1.82, 2.24) is 14.8 Å². The van der Waals surface area contributed by atoms with Crippen molar-refractivity contribution < 1.29 is 27.2 Å². The van der Waals surface area contributed by atoms with E-state index in [1.807, 2.05) is 6.07 Å². The molecule has 0 saturated carbocycles. The minimum Gasteiger partial charge on any atom is -0.364 e. The van der Waals surface area contributed by atoms with E-state index in [0.717, 1.165) is 22.9 Å². The molecule has 8 nitrogen and oxygen atoms in total. The van der Waals surface area contributed by atoms with Crippen LogP contribution in [-0.2, 0) is 12.7 Å². The summed E-state index contributed by atoms with van der Waals surface area (Å²) in [4.78, 5) is 28.8. The highest BCUT2D eigenvalue weighted by atomic mass is 35.5. The van der Waals surface area contributed by atoms with Crippen molar-refractivity contribution >= 4 is 40.0 Å². The van der Waals surface area contributed by atoms with Crippen LogP contribution in [-0.4, -0.2) is 26.6 Å². The number of pyridine rings is 1. The molecule has 188 valence electrons. The van der Waals surface area contributed by atoms with Gasteiger partial charge in [-0.2, -0.15) is 23.5 Å². The number of alkyl halides is 3. The van der Waals surface area contributed by atoms with E-state index in [1.54, 1.807) is 12.1 Å². The van der Waals surface area contributed by atoms with Crippen molar-refractivity contribution in [2.45, 2.75) is 19.6 Å². The highest BCUT2D eigenvalue weighted by Gasteiger charge is 2.39. The molecule has 2 amide bonds. The lowest BCUT2D eigenvalue weighted by Crippen LogP contribution is -2.19. The Morgan fingerprint density at radius 3 is 2.46 bits per heavy atom. The van der Waals surface area contributed by atoms with Crippen LogP contribution in [0.3, 0.4) is 0 Å². The molecule has 2 aromatic carbocycles.